The van der Waals surface area contributed by atoms with Crippen LogP contribution in [0, 0.1) is 0 Å². The summed E-state index contributed by atoms with van der Waals surface area (Å²) in [6.07, 6.45) is 3.39. The lowest BCUT2D eigenvalue weighted by Gasteiger charge is -2.06. The van der Waals surface area contributed by atoms with E-state index >= 15 is 0 Å². The highest BCUT2D eigenvalue weighted by molar-refractivity contribution is 7.92. The van der Waals surface area contributed by atoms with Crippen LogP contribution in [0.3, 0.4) is 0 Å². The van der Waals surface area contributed by atoms with Gasteiger partial charge in [0.25, 0.3) is 0 Å². The fourth-order valence-corrected chi connectivity index (χ4v) is 2.97. The predicted octanol–water partition coefficient (Wildman–Crippen LogP) is -0.630. The summed E-state index contributed by atoms with van der Waals surface area (Å²) in [5.41, 5.74) is 0.735. The van der Waals surface area contributed by atoms with Crippen molar-refractivity contribution in [3.63, 3.8) is 0 Å². The molecule has 0 aliphatic heterocycles. The molecule has 1 aromatic carbocycles. The molecule has 0 unspecified atom stereocenters. The summed E-state index contributed by atoms with van der Waals surface area (Å²) in [5, 5.41) is 9.89. The number of benzene rings is 1. The Morgan fingerprint density at radius 1 is 1.12 bits per heavy atom. The van der Waals surface area contributed by atoms with Gasteiger partial charge in [-0.2, -0.15) is 0 Å². The number of amides is 1. The SMILES string of the molecule is CS(=O)(=O)Nc1cn(CC(=O)NCc2ccc(S(C)(=O)=O)cc2)nn1. The minimum atomic E-state index is -3.46. The summed E-state index contributed by atoms with van der Waals surface area (Å²) in [5.74, 6) is -0.338. The van der Waals surface area contributed by atoms with Crippen LogP contribution in [0.15, 0.2) is 35.4 Å². The van der Waals surface area contributed by atoms with Crippen LogP contribution >= 0.6 is 0 Å². The molecule has 10 nitrogen and oxygen atoms in total. The topological polar surface area (TPSA) is 140 Å². The van der Waals surface area contributed by atoms with Gasteiger partial charge in [-0.1, -0.05) is 17.3 Å². The molecular formula is C13H17N5O5S2. The first kappa shape index (κ1) is 18.9. The molecule has 2 N–H and O–H groups in total. The molecule has 1 amide bonds. The van der Waals surface area contributed by atoms with E-state index in [0.717, 1.165) is 18.1 Å². The van der Waals surface area contributed by atoms with Crippen molar-refractivity contribution in [2.75, 3.05) is 17.2 Å². The fraction of sp³-hybridized carbons (Fsp3) is 0.308. The lowest BCUT2D eigenvalue weighted by molar-refractivity contribution is -0.122. The average molecular weight is 387 g/mol. The van der Waals surface area contributed by atoms with Gasteiger partial charge >= 0.3 is 0 Å². The zero-order valence-corrected chi connectivity index (χ0v) is 15.1. The van der Waals surface area contributed by atoms with Crippen LogP contribution in [0.5, 0.6) is 0 Å². The van der Waals surface area contributed by atoms with Gasteiger partial charge in [-0.25, -0.2) is 21.5 Å². The number of aromatic nitrogens is 3. The van der Waals surface area contributed by atoms with E-state index in [2.05, 4.69) is 20.4 Å². The highest BCUT2D eigenvalue weighted by Crippen LogP contribution is 2.10. The second-order valence-electron chi connectivity index (χ2n) is 5.37. The summed E-state index contributed by atoms with van der Waals surface area (Å²) in [6, 6.07) is 6.16. The maximum atomic E-state index is 11.9. The Balaban J connectivity index is 1.89. The molecule has 1 aromatic heterocycles. The number of rotatable bonds is 7. The third kappa shape index (κ3) is 6.15. The second kappa shape index (κ2) is 7.19. The molecule has 2 aromatic rings. The van der Waals surface area contributed by atoms with Gasteiger partial charge in [-0.3, -0.25) is 9.52 Å². The van der Waals surface area contributed by atoms with Gasteiger partial charge in [-0.15, -0.1) is 5.10 Å². The van der Waals surface area contributed by atoms with Gasteiger partial charge in [0, 0.05) is 12.8 Å². The molecule has 1 heterocycles. The van der Waals surface area contributed by atoms with E-state index in [4.69, 9.17) is 0 Å². The van der Waals surface area contributed by atoms with Crippen molar-refractivity contribution in [3.8, 4) is 0 Å². The van der Waals surface area contributed by atoms with Crippen LogP contribution in [-0.2, 0) is 37.7 Å². The van der Waals surface area contributed by atoms with Crippen molar-refractivity contribution < 1.29 is 21.6 Å². The van der Waals surface area contributed by atoms with E-state index in [-0.39, 0.29) is 29.7 Å². The number of hydrogen-bond donors (Lipinski definition) is 2. The van der Waals surface area contributed by atoms with E-state index < -0.39 is 19.9 Å². The summed E-state index contributed by atoms with van der Waals surface area (Å²) in [7, 11) is -6.72. The number of hydrogen-bond acceptors (Lipinski definition) is 7. The van der Waals surface area contributed by atoms with Gasteiger partial charge in [-0.05, 0) is 17.7 Å². The Morgan fingerprint density at radius 3 is 2.32 bits per heavy atom. The molecule has 0 spiro atoms. The van der Waals surface area contributed by atoms with Crippen molar-refractivity contribution in [1.29, 1.82) is 0 Å². The third-order valence-electron chi connectivity index (χ3n) is 2.98. The van der Waals surface area contributed by atoms with Crippen molar-refractivity contribution in [3.05, 3.63) is 36.0 Å². The number of sulfonamides is 1. The maximum absolute atomic E-state index is 11.9. The molecule has 0 saturated heterocycles. The molecule has 12 heteroatoms. The van der Waals surface area contributed by atoms with E-state index in [1.165, 1.54) is 23.0 Å². The Morgan fingerprint density at radius 2 is 1.76 bits per heavy atom. The van der Waals surface area contributed by atoms with Crippen LogP contribution in [0.1, 0.15) is 5.56 Å². The largest absolute Gasteiger partial charge is 0.350 e. The molecule has 0 saturated carbocycles. The Bertz CT molecular complexity index is 964. The molecule has 0 fully saturated rings. The highest BCUT2D eigenvalue weighted by atomic mass is 32.2. The molecular weight excluding hydrogens is 370 g/mol. The van der Waals surface area contributed by atoms with E-state index in [1.54, 1.807) is 12.1 Å². The standard InChI is InChI=1S/C13H17N5O5S2/c1-24(20,21)11-5-3-10(4-6-11)7-14-13(19)9-18-8-12(15-17-18)16-25(2,22)23/h3-6,8,16H,7,9H2,1-2H3,(H,14,19). The van der Waals surface area contributed by atoms with E-state index in [0.29, 0.717) is 0 Å². The van der Waals surface area contributed by atoms with E-state index in [1.807, 2.05) is 0 Å². The van der Waals surface area contributed by atoms with Gasteiger partial charge in [0.1, 0.15) is 6.54 Å². The molecule has 0 bridgehead atoms. The average Bonchev–Trinajstić information content (AvgIpc) is 2.89. The molecule has 0 atom stereocenters. The van der Waals surface area contributed by atoms with Crippen molar-refractivity contribution in [2.24, 2.45) is 0 Å². The van der Waals surface area contributed by atoms with Crippen LogP contribution in [0.25, 0.3) is 0 Å². The minimum Gasteiger partial charge on any atom is -0.350 e. The number of carbonyl (C=O) groups is 1. The monoisotopic (exact) mass is 387 g/mol. The molecule has 0 aliphatic rings. The van der Waals surface area contributed by atoms with Gasteiger partial charge < -0.3 is 5.32 Å². The summed E-state index contributed by atoms with van der Waals surface area (Å²) in [6.45, 7) is 0.0753. The maximum Gasteiger partial charge on any atom is 0.242 e. The number of nitrogens with zero attached hydrogens (tertiary/aromatic N) is 3. The summed E-state index contributed by atoms with van der Waals surface area (Å²) < 4.78 is 48.2. The Kier molecular flexibility index (Phi) is 5.42. The normalized spacial score (nSPS) is 11.9. The minimum absolute atomic E-state index is 0.0201. The van der Waals surface area contributed by atoms with Crippen molar-refractivity contribution in [1.82, 2.24) is 20.3 Å². The first-order valence-corrected chi connectivity index (χ1v) is 10.7. The van der Waals surface area contributed by atoms with Crippen LogP contribution in [0.4, 0.5) is 5.82 Å². The highest BCUT2D eigenvalue weighted by Gasteiger charge is 2.10. The van der Waals surface area contributed by atoms with Crippen molar-refractivity contribution >= 4 is 31.6 Å². The first-order valence-electron chi connectivity index (χ1n) is 6.96. The number of carbonyl (C=O) groups excluding carboxylic acids is 1. The third-order valence-corrected chi connectivity index (χ3v) is 4.68. The van der Waals surface area contributed by atoms with Crippen LogP contribution in [-0.4, -0.2) is 50.2 Å². The quantitative estimate of drug-likeness (QED) is 0.644. The van der Waals surface area contributed by atoms with Gasteiger partial charge in [0.15, 0.2) is 15.7 Å². The fourth-order valence-electron chi connectivity index (χ4n) is 1.87. The lowest BCUT2D eigenvalue weighted by Crippen LogP contribution is -2.27. The van der Waals surface area contributed by atoms with Crippen LogP contribution < -0.4 is 10.0 Å². The van der Waals surface area contributed by atoms with Crippen molar-refractivity contribution in [2.45, 2.75) is 18.0 Å². The first-order chi connectivity index (χ1) is 11.5. The molecule has 0 aliphatic carbocycles. The smallest absolute Gasteiger partial charge is 0.242 e. The molecule has 0 radical (unpaired) electrons. The predicted molar refractivity (Wildman–Crippen MR) is 89.9 cm³/mol. The second-order valence-corrected chi connectivity index (χ2v) is 9.13. The molecule has 2 rings (SSSR count). The Labute approximate surface area is 145 Å². The summed E-state index contributed by atoms with van der Waals surface area (Å²) in [4.78, 5) is 12.1. The van der Waals surface area contributed by atoms with Gasteiger partial charge in [0.05, 0.1) is 17.3 Å². The lowest BCUT2D eigenvalue weighted by atomic mass is 10.2. The number of sulfone groups is 1. The van der Waals surface area contributed by atoms with Gasteiger partial charge in [0.2, 0.25) is 15.9 Å². The summed E-state index contributed by atoms with van der Waals surface area (Å²) >= 11 is 0. The zero-order valence-electron chi connectivity index (χ0n) is 13.5. The number of nitrogens with one attached hydrogen (secondary N) is 2. The number of anilines is 1. The molecule has 136 valence electrons. The Hall–Kier alpha value is -2.47. The zero-order chi connectivity index (χ0) is 18.7. The van der Waals surface area contributed by atoms with Crippen LogP contribution in [0.2, 0.25) is 0 Å². The van der Waals surface area contributed by atoms with E-state index in [9.17, 15) is 21.6 Å². The molecule has 25 heavy (non-hydrogen) atoms.